The number of aromatic nitrogens is 1. The highest BCUT2D eigenvalue weighted by Gasteiger charge is 2.37. The highest BCUT2D eigenvalue weighted by Crippen LogP contribution is 2.38. The Hall–Kier alpha value is -0.530. The molecule has 1 saturated heterocycles. The Morgan fingerprint density at radius 2 is 1.94 bits per heavy atom. The summed E-state index contributed by atoms with van der Waals surface area (Å²) in [5.74, 6) is 0. The number of rotatable bonds is 5. The van der Waals surface area contributed by atoms with Crippen molar-refractivity contribution in [1.29, 1.82) is 0 Å². The Morgan fingerprint density at radius 3 is 2.50 bits per heavy atom. The van der Waals surface area contributed by atoms with Crippen molar-refractivity contribution in [3.8, 4) is 0 Å². The minimum atomic E-state index is -0.413. The average Bonchev–Trinajstić information content (AvgIpc) is 2.91. The Morgan fingerprint density at radius 1 is 1.28 bits per heavy atom. The third-order valence-corrected chi connectivity index (χ3v) is 4.32. The van der Waals surface area contributed by atoms with Crippen molar-refractivity contribution in [3.05, 3.63) is 16.1 Å². The third kappa shape index (κ3) is 2.57. The molecule has 0 bridgehead atoms. The van der Waals surface area contributed by atoms with E-state index in [4.69, 9.17) is 18.9 Å². The second-order valence-corrected chi connectivity index (χ2v) is 5.05. The molecule has 5 nitrogen and oxygen atoms in total. The van der Waals surface area contributed by atoms with E-state index in [0.29, 0.717) is 13.2 Å². The molecule has 1 fully saturated rings. The van der Waals surface area contributed by atoms with Crippen LogP contribution in [0.15, 0.2) is 5.38 Å². The summed E-state index contributed by atoms with van der Waals surface area (Å²) >= 11 is 1.59. The number of thiazole rings is 1. The second kappa shape index (κ2) is 6.08. The molecule has 1 aromatic rings. The van der Waals surface area contributed by atoms with E-state index in [1.165, 1.54) is 0 Å². The zero-order chi connectivity index (χ0) is 13.0. The summed E-state index contributed by atoms with van der Waals surface area (Å²) in [5.41, 5.74) is 0.482. The lowest BCUT2D eigenvalue weighted by Gasteiger charge is -2.33. The number of hydrogen-bond donors (Lipinski definition) is 0. The maximum absolute atomic E-state index is 5.71. The van der Waals surface area contributed by atoms with Crippen LogP contribution in [0.3, 0.4) is 0 Å². The molecule has 0 saturated carbocycles. The lowest BCUT2D eigenvalue weighted by atomic mass is 9.95. The van der Waals surface area contributed by atoms with Gasteiger partial charge in [0.1, 0.15) is 16.3 Å². The summed E-state index contributed by atoms with van der Waals surface area (Å²) in [7, 11) is 4.94. The largest absolute Gasteiger partial charge is 0.381 e. The molecule has 0 atom stereocenters. The van der Waals surface area contributed by atoms with Crippen molar-refractivity contribution in [3.63, 3.8) is 0 Å². The summed E-state index contributed by atoms with van der Waals surface area (Å²) < 4.78 is 21.5. The second-order valence-electron chi connectivity index (χ2n) is 4.19. The van der Waals surface area contributed by atoms with E-state index in [9.17, 15) is 0 Å². The standard InChI is InChI=1S/C12H19NO4S/c1-14-10(15-2)9-8-18-11(13-9)12(16-3)4-6-17-7-5-12/h8,10H,4-7H2,1-3H3. The van der Waals surface area contributed by atoms with Crippen molar-refractivity contribution in [2.24, 2.45) is 0 Å². The lowest BCUT2D eigenvalue weighted by Crippen LogP contribution is -2.35. The Labute approximate surface area is 111 Å². The van der Waals surface area contributed by atoms with Gasteiger partial charge in [0.15, 0.2) is 0 Å². The van der Waals surface area contributed by atoms with Crippen molar-refractivity contribution < 1.29 is 18.9 Å². The zero-order valence-electron chi connectivity index (χ0n) is 11.0. The fraction of sp³-hybridized carbons (Fsp3) is 0.750. The van der Waals surface area contributed by atoms with Crippen molar-refractivity contribution in [2.45, 2.75) is 24.7 Å². The molecule has 0 aromatic carbocycles. The molecule has 1 aliphatic heterocycles. The van der Waals surface area contributed by atoms with Crippen LogP contribution in [0.4, 0.5) is 0 Å². The zero-order valence-corrected chi connectivity index (χ0v) is 11.8. The average molecular weight is 273 g/mol. The van der Waals surface area contributed by atoms with Gasteiger partial charge in [-0.2, -0.15) is 0 Å². The minimum absolute atomic E-state index is 0.312. The van der Waals surface area contributed by atoms with E-state index in [2.05, 4.69) is 4.98 Å². The summed E-state index contributed by atoms with van der Waals surface area (Å²) in [6, 6.07) is 0. The molecular formula is C12H19NO4S. The van der Waals surface area contributed by atoms with Crippen LogP contribution in [-0.4, -0.2) is 39.5 Å². The summed E-state index contributed by atoms with van der Waals surface area (Å²) in [6.45, 7) is 1.42. The van der Waals surface area contributed by atoms with Crippen LogP contribution in [0, 0.1) is 0 Å². The molecule has 2 heterocycles. The topological polar surface area (TPSA) is 49.8 Å². The van der Waals surface area contributed by atoms with E-state index in [-0.39, 0.29) is 5.60 Å². The van der Waals surface area contributed by atoms with Crippen LogP contribution in [-0.2, 0) is 24.5 Å². The van der Waals surface area contributed by atoms with Gasteiger partial charge in [0.25, 0.3) is 0 Å². The van der Waals surface area contributed by atoms with Gasteiger partial charge in [-0.05, 0) is 0 Å². The molecule has 0 unspecified atom stereocenters. The van der Waals surface area contributed by atoms with Gasteiger partial charge >= 0.3 is 0 Å². The smallest absolute Gasteiger partial charge is 0.201 e. The fourth-order valence-electron chi connectivity index (χ4n) is 2.15. The molecule has 0 aliphatic carbocycles. The molecule has 0 N–H and O–H groups in total. The van der Waals surface area contributed by atoms with Crippen LogP contribution in [0.2, 0.25) is 0 Å². The summed E-state index contributed by atoms with van der Waals surface area (Å²) in [4.78, 5) is 4.61. The lowest BCUT2D eigenvalue weighted by molar-refractivity contribution is -0.110. The van der Waals surface area contributed by atoms with E-state index in [1.807, 2.05) is 5.38 Å². The maximum Gasteiger partial charge on any atom is 0.201 e. The van der Waals surface area contributed by atoms with Gasteiger partial charge in [0.2, 0.25) is 6.29 Å². The predicted octanol–water partition coefficient (Wildman–Crippen LogP) is 2.09. The molecule has 1 aliphatic rings. The van der Waals surface area contributed by atoms with Crippen molar-refractivity contribution in [1.82, 2.24) is 4.98 Å². The number of hydrogen-bond acceptors (Lipinski definition) is 6. The van der Waals surface area contributed by atoms with E-state index < -0.39 is 6.29 Å². The number of nitrogens with zero attached hydrogens (tertiary/aromatic N) is 1. The van der Waals surface area contributed by atoms with E-state index in [1.54, 1.807) is 32.7 Å². The Balaban J connectivity index is 2.21. The molecule has 102 valence electrons. The molecule has 0 radical (unpaired) electrons. The molecular weight excluding hydrogens is 254 g/mol. The first-order valence-corrected chi connectivity index (χ1v) is 6.78. The number of ether oxygens (including phenoxy) is 4. The van der Waals surface area contributed by atoms with Gasteiger partial charge in [-0.25, -0.2) is 4.98 Å². The van der Waals surface area contributed by atoms with Crippen LogP contribution in [0.5, 0.6) is 0 Å². The number of methoxy groups -OCH3 is 3. The molecule has 6 heteroatoms. The van der Waals surface area contributed by atoms with Gasteiger partial charge in [0, 0.05) is 52.8 Å². The van der Waals surface area contributed by atoms with Gasteiger partial charge in [-0.15, -0.1) is 11.3 Å². The fourth-order valence-corrected chi connectivity index (χ4v) is 3.20. The van der Waals surface area contributed by atoms with Gasteiger partial charge < -0.3 is 18.9 Å². The molecule has 0 amide bonds. The van der Waals surface area contributed by atoms with Gasteiger partial charge in [-0.3, -0.25) is 0 Å². The Kier molecular flexibility index (Phi) is 4.69. The molecule has 18 heavy (non-hydrogen) atoms. The van der Waals surface area contributed by atoms with Crippen LogP contribution >= 0.6 is 11.3 Å². The first-order chi connectivity index (χ1) is 8.75. The molecule has 1 aromatic heterocycles. The summed E-state index contributed by atoms with van der Waals surface area (Å²) in [5, 5.41) is 2.94. The van der Waals surface area contributed by atoms with E-state index in [0.717, 1.165) is 23.5 Å². The van der Waals surface area contributed by atoms with Gasteiger partial charge in [-0.1, -0.05) is 0 Å². The highest BCUT2D eigenvalue weighted by atomic mass is 32.1. The molecule has 2 rings (SSSR count). The quantitative estimate of drug-likeness (QED) is 0.769. The molecule has 0 spiro atoms. The summed E-state index contributed by atoms with van der Waals surface area (Å²) in [6.07, 6.45) is 1.26. The Bertz CT molecular complexity index is 372. The SMILES string of the molecule is COC(OC)c1csc(C2(OC)CCOCC2)n1. The normalized spacial score (nSPS) is 19.3. The monoisotopic (exact) mass is 273 g/mol. The van der Waals surface area contributed by atoms with Crippen LogP contribution < -0.4 is 0 Å². The highest BCUT2D eigenvalue weighted by molar-refractivity contribution is 7.09. The van der Waals surface area contributed by atoms with Crippen LogP contribution in [0.25, 0.3) is 0 Å². The van der Waals surface area contributed by atoms with Crippen molar-refractivity contribution >= 4 is 11.3 Å². The van der Waals surface area contributed by atoms with E-state index >= 15 is 0 Å². The third-order valence-electron chi connectivity index (χ3n) is 3.27. The first-order valence-electron chi connectivity index (χ1n) is 5.90. The predicted molar refractivity (Wildman–Crippen MR) is 67.6 cm³/mol. The van der Waals surface area contributed by atoms with Crippen LogP contribution in [0.1, 0.15) is 29.8 Å². The van der Waals surface area contributed by atoms with Gasteiger partial charge in [0.05, 0.1) is 0 Å². The maximum atomic E-state index is 5.71. The van der Waals surface area contributed by atoms with Crippen molar-refractivity contribution in [2.75, 3.05) is 34.5 Å². The minimum Gasteiger partial charge on any atom is -0.381 e. The first kappa shape index (κ1) is 13.9.